The molecule has 3 N–H and O–H groups in total. The van der Waals surface area contributed by atoms with Crippen LogP contribution in [0.15, 0.2) is 60.1 Å². The number of piperidine rings is 2. The summed E-state index contributed by atoms with van der Waals surface area (Å²) in [5.74, 6) is 0.753. The highest BCUT2D eigenvalue weighted by Crippen LogP contribution is 2.54. The zero-order chi connectivity index (χ0) is 40.6. The third-order valence-electron chi connectivity index (χ3n) is 13.2. The van der Waals surface area contributed by atoms with Gasteiger partial charge in [0.15, 0.2) is 0 Å². The van der Waals surface area contributed by atoms with Crippen molar-refractivity contribution in [3.05, 3.63) is 66.5 Å². The van der Waals surface area contributed by atoms with E-state index in [4.69, 9.17) is 19.7 Å². The zero-order valence-corrected chi connectivity index (χ0v) is 34.0. The van der Waals surface area contributed by atoms with E-state index in [1.807, 2.05) is 49.9 Å². The smallest absolute Gasteiger partial charge is 0.306 e. The van der Waals surface area contributed by atoms with E-state index >= 15 is 0 Å². The molecule has 0 unspecified atom stereocenters. The van der Waals surface area contributed by atoms with Crippen molar-refractivity contribution >= 4 is 46.0 Å². The average molecular weight is 785 g/mol. The van der Waals surface area contributed by atoms with Crippen molar-refractivity contribution in [2.75, 3.05) is 7.11 Å². The Morgan fingerprint density at radius 2 is 1.52 bits per heavy atom. The Kier molecular flexibility index (Phi) is 9.59. The summed E-state index contributed by atoms with van der Waals surface area (Å²) in [6, 6.07) is 12.2. The maximum atomic E-state index is 14.0. The largest absolute Gasteiger partial charge is 0.469 e. The molecule has 13 heteroatoms. The number of likely N-dealkylation sites (tertiary alicyclic amines) is 2. The van der Waals surface area contributed by atoms with Gasteiger partial charge in [0.2, 0.25) is 17.7 Å². The van der Waals surface area contributed by atoms with Crippen LogP contribution < -0.4 is 5.32 Å². The first-order valence-corrected chi connectivity index (χ1v) is 20.8. The summed E-state index contributed by atoms with van der Waals surface area (Å²) in [6.07, 6.45) is 10.0. The minimum absolute atomic E-state index is 0.0178. The highest BCUT2D eigenvalue weighted by molar-refractivity contribution is 6.07. The number of nitrogens with one attached hydrogen (secondary N) is 3. The van der Waals surface area contributed by atoms with Gasteiger partial charge in [-0.25, -0.2) is 9.97 Å². The lowest BCUT2D eigenvalue weighted by molar-refractivity contribution is -0.148. The number of imidazole rings is 2. The van der Waals surface area contributed by atoms with Crippen molar-refractivity contribution in [1.82, 2.24) is 35.1 Å². The van der Waals surface area contributed by atoms with Crippen LogP contribution in [0.4, 0.5) is 0 Å². The lowest BCUT2D eigenvalue weighted by atomic mass is 9.89. The van der Waals surface area contributed by atoms with Gasteiger partial charge in [-0.1, -0.05) is 64.1 Å². The molecular weight excluding hydrogens is 733 g/mol. The number of allylic oxidation sites excluding steroid dienone is 1. The lowest BCUT2D eigenvalue weighted by Crippen LogP contribution is -2.51. The lowest BCUT2D eigenvalue weighted by Gasteiger charge is -2.32. The fourth-order valence-electron chi connectivity index (χ4n) is 9.88. The number of aromatic amines is 2. The van der Waals surface area contributed by atoms with E-state index in [9.17, 15) is 19.2 Å². The minimum Gasteiger partial charge on any atom is -0.469 e. The van der Waals surface area contributed by atoms with Gasteiger partial charge in [-0.05, 0) is 66.1 Å². The Hall–Kier alpha value is -5.59. The van der Waals surface area contributed by atoms with E-state index in [0.717, 1.165) is 81.8 Å². The zero-order valence-electron chi connectivity index (χ0n) is 34.0. The van der Waals surface area contributed by atoms with Crippen LogP contribution in [0.5, 0.6) is 0 Å². The van der Waals surface area contributed by atoms with Gasteiger partial charge in [0.25, 0.3) is 0 Å². The number of hydrogen-bond donors (Lipinski definition) is 3. The Morgan fingerprint density at radius 3 is 2.19 bits per heavy atom. The van der Waals surface area contributed by atoms with E-state index in [-0.39, 0.29) is 66.1 Å². The highest BCUT2D eigenvalue weighted by Gasteiger charge is 2.57. The molecule has 0 radical (unpaired) electrons. The Bertz CT molecular complexity index is 2360. The molecule has 4 aromatic rings. The second kappa shape index (κ2) is 14.7. The molecule has 2 aromatic heterocycles. The van der Waals surface area contributed by atoms with Crippen LogP contribution in [0.2, 0.25) is 0 Å². The number of carbonyl (C=O) groups is 4. The van der Waals surface area contributed by atoms with Crippen LogP contribution >= 0.6 is 0 Å². The van der Waals surface area contributed by atoms with Gasteiger partial charge in [0, 0.05) is 48.5 Å². The highest BCUT2D eigenvalue weighted by atomic mass is 16.5. The Balaban J connectivity index is 0.896. The Labute approximate surface area is 338 Å². The van der Waals surface area contributed by atoms with Crippen molar-refractivity contribution < 1.29 is 23.9 Å². The first-order valence-electron chi connectivity index (χ1n) is 20.8. The number of H-pyrrole nitrogens is 2. The van der Waals surface area contributed by atoms with Gasteiger partial charge >= 0.3 is 5.97 Å². The minimum atomic E-state index is -0.563. The van der Waals surface area contributed by atoms with E-state index < -0.39 is 12.0 Å². The first kappa shape index (κ1) is 38.0. The predicted molar refractivity (Wildman–Crippen MR) is 220 cm³/mol. The normalized spacial score (nSPS) is 25.4. The first-order chi connectivity index (χ1) is 27.9. The number of methoxy groups -OCH3 is 1. The van der Waals surface area contributed by atoms with Crippen LogP contribution in [0.1, 0.15) is 90.6 Å². The van der Waals surface area contributed by atoms with Gasteiger partial charge in [0.05, 0.1) is 60.8 Å². The molecule has 5 aliphatic rings. The third-order valence-corrected chi connectivity index (χ3v) is 13.2. The SMILES string of the molecule is COC(=O)C[C@H](C(=O)N1[C@@H]2C[C@@H]2C[C@H]1C1=NC=C(c2ccc(-c3ccc(-c4cnc([C@@H]5C[C@H]6C[C@H]6N5C(=O)[C@@H](NC(C)=O)C(C)C)[nH]4)cc3)c3nc[nH]c23)C1)C(C)C. The number of esters is 1. The molecule has 0 spiro atoms. The van der Waals surface area contributed by atoms with Crippen LogP contribution in [0.3, 0.4) is 0 Å². The molecule has 302 valence electrons. The summed E-state index contributed by atoms with van der Waals surface area (Å²) in [5.41, 5.74) is 8.83. The number of aromatic nitrogens is 4. The number of carbonyl (C=O) groups excluding carboxylic acids is 4. The van der Waals surface area contributed by atoms with E-state index in [1.165, 1.54) is 14.0 Å². The average Bonchev–Trinajstić information content (AvgIpc) is 3.69. The number of nitrogens with zero attached hydrogens (tertiary/aromatic N) is 5. The molecule has 13 nitrogen and oxygen atoms in total. The molecular formula is C45H52N8O5. The summed E-state index contributed by atoms with van der Waals surface area (Å²) in [4.78, 5) is 77.3. The van der Waals surface area contributed by atoms with Gasteiger partial charge in [-0.2, -0.15) is 0 Å². The maximum Gasteiger partial charge on any atom is 0.306 e. The van der Waals surface area contributed by atoms with Crippen LogP contribution in [0.25, 0.3) is 39.0 Å². The van der Waals surface area contributed by atoms with Gasteiger partial charge in [-0.15, -0.1) is 0 Å². The number of fused-ring (bicyclic) bond motifs is 3. The molecule has 2 aliphatic carbocycles. The van der Waals surface area contributed by atoms with Crippen LogP contribution in [0, 0.1) is 29.6 Å². The van der Waals surface area contributed by atoms with Gasteiger partial charge in [-0.3, -0.25) is 24.2 Å². The fraction of sp³-hybridized carbons (Fsp3) is 0.489. The summed E-state index contributed by atoms with van der Waals surface area (Å²) >= 11 is 0. The second-order valence-corrected chi connectivity index (χ2v) is 17.7. The third kappa shape index (κ3) is 6.71. The molecule has 4 fully saturated rings. The standard InChI is InChI=1S/C45H52N8O5/c1-22(2)32(18-39(55)58-6)44(56)52-35-14-27(35)16-37(52)33-13-29(19-46-33)31-12-11-30(41-42(31)49-21-48-41)25-7-9-26(10-8-25)34-20-47-43(51-34)38-17-28-15-36(28)53(38)45(57)40(23(3)4)50-24(5)54/h7-12,19-23,27-28,32,35-38,40H,13-18H2,1-6H3,(H,47,51)(H,48,49)(H,50,54)/t27-,28-,32+,35-,36-,37+,38+,40+/m1/s1. The Morgan fingerprint density at radius 1 is 0.845 bits per heavy atom. The monoisotopic (exact) mass is 784 g/mol. The molecule has 5 heterocycles. The van der Waals surface area contributed by atoms with E-state index in [2.05, 4.69) is 51.7 Å². The molecule has 3 aliphatic heterocycles. The van der Waals surface area contributed by atoms with Crippen molar-refractivity contribution in [1.29, 1.82) is 0 Å². The molecule has 2 saturated heterocycles. The van der Waals surface area contributed by atoms with Gasteiger partial charge < -0.3 is 29.8 Å². The number of ether oxygens (including phenoxy) is 1. The van der Waals surface area contributed by atoms with Crippen LogP contribution in [-0.4, -0.2) is 90.4 Å². The van der Waals surface area contributed by atoms with Crippen molar-refractivity contribution in [3.8, 4) is 22.4 Å². The molecule has 0 bridgehead atoms. The quantitative estimate of drug-likeness (QED) is 0.139. The van der Waals surface area contributed by atoms with Gasteiger partial charge in [0.1, 0.15) is 11.9 Å². The number of amides is 3. The topological polar surface area (TPSA) is 166 Å². The second-order valence-electron chi connectivity index (χ2n) is 17.7. The molecule has 3 amide bonds. The summed E-state index contributed by atoms with van der Waals surface area (Å²) in [6.45, 7) is 9.37. The molecule has 2 saturated carbocycles. The number of benzene rings is 2. The molecule has 8 atom stereocenters. The van der Waals surface area contributed by atoms with E-state index in [1.54, 1.807) is 6.33 Å². The van der Waals surface area contributed by atoms with Crippen molar-refractivity contribution in [3.63, 3.8) is 0 Å². The predicted octanol–water partition coefficient (Wildman–Crippen LogP) is 6.45. The maximum absolute atomic E-state index is 14.0. The summed E-state index contributed by atoms with van der Waals surface area (Å²) in [5, 5.41) is 2.88. The molecule has 58 heavy (non-hydrogen) atoms. The fourth-order valence-corrected chi connectivity index (χ4v) is 9.88. The van der Waals surface area contributed by atoms with Crippen LogP contribution in [-0.2, 0) is 23.9 Å². The molecule has 9 rings (SSSR count). The van der Waals surface area contributed by atoms with E-state index in [0.29, 0.717) is 18.3 Å². The number of hydrogen-bond acceptors (Lipinski definition) is 8. The van der Waals surface area contributed by atoms with Crippen molar-refractivity contribution in [2.24, 2.45) is 34.6 Å². The molecule has 2 aromatic carbocycles. The summed E-state index contributed by atoms with van der Waals surface area (Å²) < 4.78 is 4.94. The van der Waals surface area contributed by atoms with Crippen molar-refractivity contribution in [2.45, 2.75) is 103 Å². The summed E-state index contributed by atoms with van der Waals surface area (Å²) in [7, 11) is 1.37. The number of aliphatic imine (C=N–C) groups is 1. The number of rotatable bonds is 12.